The average molecular weight is 232 g/mol. The summed E-state index contributed by atoms with van der Waals surface area (Å²) in [4.78, 5) is 0. The van der Waals surface area contributed by atoms with E-state index in [4.69, 9.17) is 24.1 Å². The van der Waals surface area contributed by atoms with Crippen molar-refractivity contribution in [1.82, 2.24) is 0 Å². The maximum absolute atomic E-state index is 8.58. The molecule has 1 N–H and O–H groups in total. The molecular formula is HCoLi3MnO6. The third-order valence-electron chi connectivity index (χ3n) is 0. The Hall–Kier alpha value is 2.10. The molecule has 6 nitrogen and oxygen atoms in total. The summed E-state index contributed by atoms with van der Waals surface area (Å²) >= 11 is -6.44. The first-order chi connectivity index (χ1) is 3.41. The van der Waals surface area contributed by atoms with E-state index >= 15 is 0 Å². The SMILES string of the molecule is [Li+].[Li+].[Li+].[O]=[Co-][OH].[O]=[Mn](=[O])([O-])[O-]. The van der Waals surface area contributed by atoms with Crippen molar-refractivity contribution in [2.24, 2.45) is 0 Å². The normalized spacial score (nSPS) is 7.18. The van der Waals surface area contributed by atoms with Crippen molar-refractivity contribution < 1.29 is 109 Å². The van der Waals surface area contributed by atoms with Crippen LogP contribution in [-0.4, -0.2) is 4.22 Å². The Balaban J connectivity index is -0.0000000183. The third-order valence-corrected chi connectivity index (χ3v) is 0. The van der Waals surface area contributed by atoms with Crippen molar-refractivity contribution in [3.05, 3.63) is 0 Å². The first-order valence-electron chi connectivity index (χ1n) is 0.902. The summed E-state index contributed by atoms with van der Waals surface area (Å²) in [6.45, 7) is 0. The molecule has 0 spiro atoms. The molecule has 0 radical (unpaired) electrons. The summed E-state index contributed by atoms with van der Waals surface area (Å²) in [7, 11) is 0. The van der Waals surface area contributed by atoms with Crippen molar-refractivity contribution in [1.29, 1.82) is 0 Å². The molecule has 11 heteroatoms. The predicted octanol–water partition coefficient (Wildman–Crippen LogP) is -12.3. The van der Waals surface area contributed by atoms with E-state index in [9.17, 15) is 0 Å². The second-order valence-corrected chi connectivity index (χ2v) is 1.81. The average Bonchev–Trinajstić information content (AvgIpc) is 1.27. The van der Waals surface area contributed by atoms with Gasteiger partial charge in [-0.15, -0.1) is 0 Å². The fourth-order valence-electron chi connectivity index (χ4n) is 0. The summed E-state index contributed by atoms with van der Waals surface area (Å²) in [5.41, 5.74) is 0. The van der Waals surface area contributed by atoms with Gasteiger partial charge >= 0.3 is 109 Å². The van der Waals surface area contributed by atoms with Gasteiger partial charge in [0.15, 0.2) is 0 Å². The zero-order valence-electron chi connectivity index (χ0n) is 6.20. The van der Waals surface area contributed by atoms with E-state index in [1.54, 1.807) is 0 Å². The number of rotatable bonds is 0. The summed E-state index contributed by atoms with van der Waals surface area (Å²) in [5.74, 6) is 0. The zero-order chi connectivity index (χ0) is 7.21. The molecule has 0 aromatic carbocycles. The van der Waals surface area contributed by atoms with Gasteiger partial charge in [0.2, 0.25) is 0 Å². The van der Waals surface area contributed by atoms with Gasteiger partial charge in [-0.3, -0.25) is 0 Å². The maximum atomic E-state index is 8.58. The molecule has 0 aliphatic rings. The molecular weight excluding hydrogens is 231 g/mol. The van der Waals surface area contributed by atoms with Crippen LogP contribution in [0.3, 0.4) is 0 Å². The minimum absolute atomic E-state index is 0. The van der Waals surface area contributed by atoms with E-state index < -0.39 is 28.3 Å². The Labute approximate surface area is 108 Å². The van der Waals surface area contributed by atoms with Crippen molar-refractivity contribution in [2.45, 2.75) is 0 Å². The zero-order valence-corrected chi connectivity index (χ0v) is 8.42. The predicted molar refractivity (Wildman–Crippen MR) is 4.28 cm³/mol. The molecule has 0 rings (SSSR count). The monoisotopic (exact) mass is 232 g/mol. The second-order valence-electron chi connectivity index (χ2n) is 0.439. The minimum atomic E-state index is -5.62. The molecule has 0 aromatic heterocycles. The Morgan fingerprint density at radius 3 is 1.09 bits per heavy atom. The Kier molecular flexibility index (Phi) is 47.8. The molecule has 0 aliphatic carbocycles. The molecule has 0 amide bonds. The van der Waals surface area contributed by atoms with Gasteiger partial charge in [0, 0.05) is 0 Å². The van der Waals surface area contributed by atoms with E-state index in [2.05, 4.69) is 0 Å². The summed E-state index contributed by atoms with van der Waals surface area (Å²) < 4.78 is 49.8. The van der Waals surface area contributed by atoms with Crippen LogP contribution >= 0.6 is 0 Å². The van der Waals surface area contributed by atoms with Crippen LogP contribution < -0.4 is 65.0 Å². The van der Waals surface area contributed by atoms with Crippen molar-refractivity contribution in [2.75, 3.05) is 0 Å². The molecule has 0 saturated heterocycles. The summed E-state index contributed by atoms with van der Waals surface area (Å²) in [5, 5.41) is 0. The van der Waals surface area contributed by atoms with E-state index in [1.165, 1.54) is 0 Å². The van der Waals surface area contributed by atoms with Crippen LogP contribution in [-0.2, 0) is 39.9 Å². The molecule has 56 valence electrons. The number of hydrogen-bond donors (Lipinski definition) is 1. The van der Waals surface area contributed by atoms with Gasteiger partial charge < -0.3 is 0 Å². The van der Waals surface area contributed by atoms with Crippen molar-refractivity contribution in [3.8, 4) is 0 Å². The van der Waals surface area contributed by atoms with Gasteiger partial charge in [0.05, 0.1) is 0 Å². The molecule has 0 aliphatic heterocycles. The molecule has 0 fully saturated rings. The Morgan fingerprint density at radius 2 is 1.09 bits per heavy atom. The van der Waals surface area contributed by atoms with Gasteiger partial charge in [0.25, 0.3) is 0 Å². The summed E-state index contributed by atoms with van der Waals surface area (Å²) in [6, 6.07) is 0. The Morgan fingerprint density at radius 1 is 1.09 bits per heavy atom. The van der Waals surface area contributed by atoms with Crippen molar-refractivity contribution in [3.63, 3.8) is 0 Å². The van der Waals surface area contributed by atoms with Gasteiger partial charge in [-0.05, 0) is 0 Å². The quantitative estimate of drug-likeness (QED) is 0.414. The fourth-order valence-corrected chi connectivity index (χ4v) is 0. The molecule has 0 atom stereocenters. The van der Waals surface area contributed by atoms with E-state index in [0.717, 1.165) is 0 Å². The molecule has 0 bridgehead atoms. The van der Waals surface area contributed by atoms with Gasteiger partial charge in [0.1, 0.15) is 0 Å². The van der Waals surface area contributed by atoms with Crippen LogP contribution in [0.2, 0.25) is 0 Å². The number of hydrogen-bond acceptors (Lipinski definition) is 5. The van der Waals surface area contributed by atoms with Gasteiger partial charge in [-0.1, -0.05) is 0 Å². The van der Waals surface area contributed by atoms with E-state index in [0.29, 0.717) is 0 Å². The van der Waals surface area contributed by atoms with Crippen molar-refractivity contribution >= 4 is 0 Å². The van der Waals surface area contributed by atoms with Gasteiger partial charge in [-0.25, -0.2) is 0 Å². The molecule has 0 aromatic rings. The standard InChI is InChI=1S/Co.3Li.Mn.H2O.5O/h;;;;;1H2;;;;;/q;3*+1;;;;;;2*-1/p-1. The van der Waals surface area contributed by atoms with Gasteiger partial charge in [-0.2, -0.15) is 0 Å². The van der Waals surface area contributed by atoms with Crippen LogP contribution in [0, 0.1) is 0 Å². The van der Waals surface area contributed by atoms with E-state index in [-0.39, 0.29) is 56.6 Å². The fraction of sp³-hybridized carbons (Fsp3) is 0. The first kappa shape index (κ1) is 29.2. The second kappa shape index (κ2) is 18.0. The molecule has 0 heterocycles. The third kappa shape index (κ3) is 280. The molecule has 0 saturated carbocycles. The molecule has 11 heavy (non-hydrogen) atoms. The van der Waals surface area contributed by atoms with Crippen LogP contribution in [0.1, 0.15) is 0 Å². The topological polar surface area (TPSA) is 118 Å². The Bertz CT molecular complexity index is 132. The van der Waals surface area contributed by atoms with Crippen LogP contribution in [0.15, 0.2) is 0 Å². The summed E-state index contributed by atoms with van der Waals surface area (Å²) in [6.07, 6.45) is 0. The molecule has 0 unspecified atom stereocenters. The van der Waals surface area contributed by atoms with E-state index in [1.807, 2.05) is 0 Å². The van der Waals surface area contributed by atoms with Crippen LogP contribution in [0.4, 0.5) is 0 Å². The first-order valence-corrected chi connectivity index (χ1v) is 3.72. The van der Waals surface area contributed by atoms with Crippen LogP contribution in [0.5, 0.6) is 0 Å². The van der Waals surface area contributed by atoms with Crippen LogP contribution in [0.25, 0.3) is 0 Å².